The van der Waals surface area contributed by atoms with E-state index < -0.39 is 65.1 Å². The first-order chi connectivity index (χ1) is 11.3. The van der Waals surface area contributed by atoms with Crippen LogP contribution in [0, 0.1) is 0 Å². The fourth-order valence-electron chi connectivity index (χ4n) is 2.17. The Hall–Kier alpha value is -2.02. The van der Waals surface area contributed by atoms with Crippen molar-refractivity contribution in [2.24, 2.45) is 0 Å². The van der Waals surface area contributed by atoms with Gasteiger partial charge in [0.25, 0.3) is 0 Å². The zero-order valence-corrected chi connectivity index (χ0v) is 12.1. The molecule has 0 saturated carbocycles. The molecule has 0 bridgehead atoms. The Labute approximate surface area is 136 Å². The smallest absolute Gasteiger partial charge is 0.417 e. The number of halogens is 12. The minimum absolute atomic E-state index is 0.872. The fraction of sp³-hybridized carbons (Fsp3) is 0.500. The van der Waals surface area contributed by atoms with Crippen molar-refractivity contribution < 1.29 is 62.5 Å². The van der Waals surface area contributed by atoms with Crippen LogP contribution >= 0.6 is 0 Å². The van der Waals surface area contributed by atoms with Crippen molar-refractivity contribution in [1.82, 2.24) is 0 Å². The van der Waals surface area contributed by atoms with Gasteiger partial charge in [-0.25, -0.2) is 0 Å². The molecule has 0 atom stereocenters. The normalized spacial score (nSPS) is 17.3. The number of hydrogen-bond acceptors (Lipinski definition) is 2. The third-order valence-corrected chi connectivity index (χ3v) is 2.86. The zero-order valence-electron chi connectivity index (χ0n) is 12.1. The van der Waals surface area contributed by atoms with Crippen molar-refractivity contribution in [3.8, 4) is 0 Å². The highest BCUT2D eigenvalue weighted by molar-refractivity contribution is 5.69. The van der Waals surface area contributed by atoms with E-state index in [4.69, 9.17) is 0 Å². The van der Waals surface area contributed by atoms with Crippen molar-refractivity contribution in [1.29, 1.82) is 0 Å². The largest absolute Gasteiger partial charge is 0.613 e. The number of alkyl halides is 12. The highest BCUT2D eigenvalue weighted by Crippen LogP contribution is 2.58. The number of hydrogen-bond donors (Lipinski definition) is 0. The molecule has 0 aliphatic heterocycles. The van der Waals surface area contributed by atoms with Gasteiger partial charge in [-0.2, -0.15) is 52.7 Å². The Kier molecular flexibility index (Phi) is 5.34. The first-order valence-corrected chi connectivity index (χ1v) is 6.17. The van der Waals surface area contributed by atoms with Crippen LogP contribution in [0.2, 0.25) is 0 Å². The molecule has 0 saturated heterocycles. The SMILES string of the molecule is CCOC([O-])=C1C(C(F)(F)F)=C(C(F)(F)F)C(C(F)(F)F)=C1C(F)(F)F. The van der Waals surface area contributed by atoms with E-state index in [1.807, 2.05) is 0 Å². The first-order valence-electron chi connectivity index (χ1n) is 6.17. The molecule has 0 aromatic carbocycles. The summed E-state index contributed by atoms with van der Waals surface area (Å²) in [7, 11) is 0. The van der Waals surface area contributed by atoms with Crippen LogP contribution in [0.5, 0.6) is 0 Å². The van der Waals surface area contributed by atoms with Gasteiger partial charge in [0.1, 0.15) is 0 Å². The molecule has 0 unspecified atom stereocenters. The molecule has 2 nitrogen and oxygen atoms in total. The Morgan fingerprint density at radius 3 is 1.12 bits per heavy atom. The molecular formula is C12H5F12O2-. The monoisotopic (exact) mass is 409 g/mol. The van der Waals surface area contributed by atoms with Crippen LogP contribution in [0.3, 0.4) is 0 Å². The molecule has 1 aliphatic rings. The highest BCUT2D eigenvalue weighted by Gasteiger charge is 2.63. The second kappa shape index (κ2) is 6.30. The molecule has 14 heteroatoms. The van der Waals surface area contributed by atoms with E-state index in [-0.39, 0.29) is 0 Å². The van der Waals surface area contributed by atoms with Gasteiger partial charge in [-0.1, -0.05) is 6.92 Å². The average Bonchev–Trinajstić information content (AvgIpc) is 2.73. The van der Waals surface area contributed by atoms with Crippen molar-refractivity contribution in [3.05, 3.63) is 33.8 Å². The van der Waals surface area contributed by atoms with Gasteiger partial charge in [-0.15, -0.1) is 0 Å². The van der Waals surface area contributed by atoms with Crippen molar-refractivity contribution in [2.45, 2.75) is 31.6 Å². The molecule has 0 aromatic rings. The van der Waals surface area contributed by atoms with Crippen LogP contribution < -0.4 is 5.11 Å². The van der Waals surface area contributed by atoms with Crippen LogP contribution in [0.4, 0.5) is 52.7 Å². The van der Waals surface area contributed by atoms with E-state index in [0.29, 0.717) is 0 Å². The van der Waals surface area contributed by atoms with Gasteiger partial charge in [-0.3, -0.25) is 0 Å². The average molecular weight is 409 g/mol. The predicted molar refractivity (Wildman–Crippen MR) is 56.9 cm³/mol. The molecule has 0 heterocycles. The predicted octanol–water partition coefficient (Wildman–Crippen LogP) is 4.45. The molecule has 1 rings (SSSR count). The van der Waals surface area contributed by atoms with E-state index in [2.05, 4.69) is 4.74 Å². The fourth-order valence-corrected chi connectivity index (χ4v) is 2.17. The quantitative estimate of drug-likeness (QED) is 0.499. The van der Waals surface area contributed by atoms with Crippen molar-refractivity contribution >= 4 is 0 Å². The Morgan fingerprint density at radius 2 is 0.923 bits per heavy atom. The molecule has 0 radical (unpaired) electrons. The minimum Gasteiger partial charge on any atom is -0.613 e. The summed E-state index contributed by atoms with van der Waals surface area (Å²) in [6.45, 7) is -0.0297. The lowest BCUT2D eigenvalue weighted by atomic mass is 10.0. The summed E-state index contributed by atoms with van der Waals surface area (Å²) in [5.74, 6) is -2.62. The number of ether oxygens (including phenoxy) is 1. The van der Waals surface area contributed by atoms with E-state index in [0.717, 1.165) is 6.92 Å². The van der Waals surface area contributed by atoms with E-state index in [1.54, 1.807) is 0 Å². The van der Waals surface area contributed by atoms with Gasteiger partial charge in [0.2, 0.25) is 0 Å². The molecule has 0 fully saturated rings. The lowest BCUT2D eigenvalue weighted by Crippen LogP contribution is -2.27. The van der Waals surface area contributed by atoms with Crippen molar-refractivity contribution in [3.63, 3.8) is 0 Å². The third kappa shape index (κ3) is 4.03. The second-order valence-electron chi connectivity index (χ2n) is 4.59. The third-order valence-electron chi connectivity index (χ3n) is 2.86. The standard InChI is InChI=1S/C12H6F12O2/c1-2-26-8(25)3-4(9(13,14)15)6(11(19,20)21)7(12(22,23)24)5(3)10(16,17)18/h25H,2H2,1H3/p-1. The lowest BCUT2D eigenvalue weighted by molar-refractivity contribution is -0.358. The molecular weight excluding hydrogens is 404 g/mol. The number of rotatable bonds is 2. The molecule has 0 spiro atoms. The topological polar surface area (TPSA) is 32.3 Å². The summed E-state index contributed by atoms with van der Waals surface area (Å²) in [5, 5.41) is 11.4. The Bertz CT molecular complexity index is 616. The molecule has 150 valence electrons. The minimum atomic E-state index is -6.50. The summed E-state index contributed by atoms with van der Waals surface area (Å²) in [5.41, 5.74) is -17.0. The van der Waals surface area contributed by atoms with Gasteiger partial charge < -0.3 is 9.84 Å². The summed E-state index contributed by atoms with van der Waals surface area (Å²) in [6.07, 6.45) is -25.7. The van der Waals surface area contributed by atoms with Gasteiger partial charge in [0.05, 0.1) is 28.2 Å². The van der Waals surface area contributed by atoms with E-state index in [1.165, 1.54) is 0 Å². The first kappa shape index (κ1) is 22.0. The maximum atomic E-state index is 13.0. The zero-order chi connectivity index (χ0) is 20.9. The molecule has 26 heavy (non-hydrogen) atoms. The summed E-state index contributed by atoms with van der Waals surface area (Å²) in [6, 6.07) is 0. The summed E-state index contributed by atoms with van der Waals surface area (Å²) in [4.78, 5) is 0. The van der Waals surface area contributed by atoms with Crippen LogP contribution in [0.1, 0.15) is 6.92 Å². The van der Waals surface area contributed by atoms with E-state index in [9.17, 15) is 57.8 Å². The van der Waals surface area contributed by atoms with Crippen LogP contribution in [-0.2, 0) is 4.74 Å². The molecule has 0 amide bonds. The van der Waals surface area contributed by atoms with Gasteiger partial charge in [0, 0.05) is 5.57 Å². The maximum Gasteiger partial charge on any atom is 0.417 e. The number of allylic oxidation sites excluding steroid dienone is 5. The molecule has 0 N–H and O–H groups in total. The van der Waals surface area contributed by atoms with Crippen molar-refractivity contribution in [2.75, 3.05) is 6.61 Å². The molecule has 1 aliphatic carbocycles. The van der Waals surface area contributed by atoms with E-state index >= 15 is 0 Å². The van der Waals surface area contributed by atoms with Gasteiger partial charge in [0.15, 0.2) is 0 Å². The summed E-state index contributed by atoms with van der Waals surface area (Å²) >= 11 is 0. The maximum absolute atomic E-state index is 13.0. The van der Waals surface area contributed by atoms with Crippen LogP contribution in [0.15, 0.2) is 33.8 Å². The summed E-state index contributed by atoms with van der Waals surface area (Å²) < 4.78 is 159. The second-order valence-corrected chi connectivity index (χ2v) is 4.59. The van der Waals surface area contributed by atoms with Crippen LogP contribution in [0.25, 0.3) is 0 Å². The van der Waals surface area contributed by atoms with Crippen LogP contribution in [-0.4, -0.2) is 31.3 Å². The van der Waals surface area contributed by atoms with Gasteiger partial charge in [-0.05, 0) is 6.61 Å². The Balaban J connectivity index is 4.23. The van der Waals surface area contributed by atoms with Gasteiger partial charge >= 0.3 is 24.7 Å². The molecule has 0 aromatic heterocycles. The Morgan fingerprint density at radius 1 is 0.654 bits per heavy atom. The lowest BCUT2D eigenvalue weighted by Gasteiger charge is -2.23. The highest BCUT2D eigenvalue weighted by atomic mass is 19.4.